The molecular weight excluding hydrogens is 161 g/mol. The average molecular weight is 175 g/mol. The van der Waals surface area contributed by atoms with Crippen molar-refractivity contribution in [1.82, 2.24) is 0 Å². The highest BCUT2D eigenvalue weighted by Crippen LogP contribution is 2.28. The molecule has 0 saturated carbocycles. The Labute approximate surface area is 69.3 Å². The van der Waals surface area contributed by atoms with Crippen LogP contribution >= 0.6 is 21.0 Å². The van der Waals surface area contributed by atoms with Gasteiger partial charge in [-0.2, -0.15) is 0 Å². The molecule has 0 saturated heterocycles. The second-order valence-corrected chi connectivity index (χ2v) is 4.86. The van der Waals surface area contributed by atoms with Gasteiger partial charge in [0.25, 0.3) is 0 Å². The minimum Gasteiger partial charge on any atom is -0.286 e. The topological polar surface area (TPSA) is 12.4 Å². The Kier molecular flexibility index (Phi) is 3.19. The Bertz CT molecular complexity index is 136. The molecule has 3 heteroatoms. The maximum absolute atomic E-state index is 4.21. The first-order valence-electron chi connectivity index (χ1n) is 3.61. The van der Waals surface area contributed by atoms with Crippen LogP contribution in [0.5, 0.6) is 0 Å². The lowest BCUT2D eigenvalue weighted by molar-refractivity contribution is 0.588. The second-order valence-electron chi connectivity index (χ2n) is 2.98. The number of hydrogen-bond acceptors (Lipinski definition) is 2. The van der Waals surface area contributed by atoms with Gasteiger partial charge in [0.15, 0.2) is 0 Å². The number of nitrogens with zero attached hydrogens (tertiary/aromatic N) is 1. The zero-order valence-corrected chi connectivity index (χ0v) is 8.42. The van der Waals surface area contributed by atoms with E-state index in [2.05, 4.69) is 28.1 Å². The van der Waals surface area contributed by atoms with Gasteiger partial charge in [0.05, 0.1) is 5.55 Å². The Morgan fingerprint density at radius 1 is 1.70 bits per heavy atom. The van der Waals surface area contributed by atoms with Crippen molar-refractivity contribution in [3.05, 3.63) is 0 Å². The maximum atomic E-state index is 4.21. The molecule has 0 aromatic rings. The van der Waals surface area contributed by atoms with Gasteiger partial charge in [-0.1, -0.05) is 13.8 Å². The van der Waals surface area contributed by atoms with E-state index < -0.39 is 0 Å². The van der Waals surface area contributed by atoms with E-state index in [4.69, 9.17) is 0 Å². The summed E-state index contributed by atoms with van der Waals surface area (Å²) in [6.45, 7) is 5.53. The Balaban J connectivity index is 2.51. The summed E-state index contributed by atoms with van der Waals surface area (Å²) in [7, 11) is 2.88. The van der Waals surface area contributed by atoms with Crippen LogP contribution in [-0.2, 0) is 0 Å². The number of aliphatic imine (C=N–C) groups is 1. The smallest absolute Gasteiger partial charge is 0.0544 e. The second kappa shape index (κ2) is 3.73. The van der Waals surface area contributed by atoms with E-state index in [1.807, 2.05) is 17.3 Å². The van der Waals surface area contributed by atoms with Crippen LogP contribution in [0.1, 0.15) is 13.8 Å². The lowest BCUT2D eigenvalue weighted by Crippen LogP contribution is -2.28. The van der Waals surface area contributed by atoms with Crippen molar-refractivity contribution in [3.8, 4) is 0 Å². The van der Waals surface area contributed by atoms with Crippen molar-refractivity contribution in [1.29, 1.82) is 0 Å². The van der Waals surface area contributed by atoms with Crippen molar-refractivity contribution >= 4 is 26.5 Å². The highest BCUT2D eigenvalue weighted by Gasteiger charge is 2.22. The van der Waals surface area contributed by atoms with Crippen LogP contribution < -0.4 is 0 Å². The van der Waals surface area contributed by atoms with Crippen LogP contribution in [0.2, 0.25) is 0 Å². The Morgan fingerprint density at radius 2 is 2.40 bits per heavy atom. The summed E-state index contributed by atoms with van der Waals surface area (Å²) in [5.41, 5.74) is 2.67. The molecule has 0 fully saturated rings. The largest absolute Gasteiger partial charge is 0.286 e. The molecule has 1 rings (SSSR count). The molecular formula is C7H14NPS. The number of hydrogen-bond donors (Lipinski definition) is 0. The summed E-state index contributed by atoms with van der Waals surface area (Å²) in [5, 5.41) is 0.752. The average Bonchev–Trinajstić information content (AvgIpc) is 1.88. The van der Waals surface area contributed by atoms with E-state index in [0.29, 0.717) is 5.66 Å². The molecule has 3 unspecified atom stereocenters. The molecule has 0 spiro atoms. The number of thioether (sulfide) groups is 1. The first kappa shape index (κ1) is 8.55. The van der Waals surface area contributed by atoms with Crippen LogP contribution in [0.25, 0.3) is 0 Å². The van der Waals surface area contributed by atoms with Gasteiger partial charge in [-0.15, -0.1) is 21.0 Å². The van der Waals surface area contributed by atoms with Crippen LogP contribution in [-0.4, -0.2) is 23.0 Å². The molecule has 3 atom stereocenters. The molecule has 1 aliphatic heterocycles. The molecule has 0 N–H and O–H groups in total. The molecule has 1 heterocycles. The van der Waals surface area contributed by atoms with Crippen molar-refractivity contribution < 1.29 is 0 Å². The molecule has 0 aromatic heterocycles. The minimum atomic E-state index is 0.676. The van der Waals surface area contributed by atoms with Gasteiger partial charge >= 0.3 is 0 Å². The SMILES string of the molecule is CC(C)C1SC=NCC1P. The third kappa shape index (κ3) is 1.96. The third-order valence-electron chi connectivity index (χ3n) is 1.69. The van der Waals surface area contributed by atoms with Crippen molar-refractivity contribution in [3.63, 3.8) is 0 Å². The quantitative estimate of drug-likeness (QED) is 0.555. The van der Waals surface area contributed by atoms with Gasteiger partial charge in [0.2, 0.25) is 0 Å². The molecule has 0 aliphatic carbocycles. The fraction of sp³-hybridized carbons (Fsp3) is 0.857. The predicted octanol–water partition coefficient (Wildman–Crippen LogP) is 2.03. The fourth-order valence-corrected chi connectivity index (χ4v) is 2.89. The molecule has 1 nitrogen and oxygen atoms in total. The summed E-state index contributed by atoms with van der Waals surface area (Å²) in [6.07, 6.45) is 0. The summed E-state index contributed by atoms with van der Waals surface area (Å²) in [6, 6.07) is 0. The van der Waals surface area contributed by atoms with Gasteiger partial charge in [0, 0.05) is 17.5 Å². The number of rotatable bonds is 1. The van der Waals surface area contributed by atoms with E-state index in [1.165, 1.54) is 0 Å². The predicted molar refractivity (Wildman–Crippen MR) is 53.1 cm³/mol. The highest BCUT2D eigenvalue weighted by molar-refractivity contribution is 8.12. The summed E-state index contributed by atoms with van der Waals surface area (Å²) in [5.74, 6) is 0.763. The molecule has 1 aliphatic rings. The van der Waals surface area contributed by atoms with E-state index in [1.54, 1.807) is 0 Å². The van der Waals surface area contributed by atoms with Gasteiger partial charge < -0.3 is 0 Å². The van der Waals surface area contributed by atoms with Crippen molar-refractivity contribution in [2.24, 2.45) is 10.9 Å². The minimum absolute atomic E-state index is 0.676. The first-order chi connectivity index (χ1) is 4.72. The third-order valence-corrected chi connectivity index (χ3v) is 4.07. The summed E-state index contributed by atoms with van der Waals surface area (Å²) < 4.78 is 0. The van der Waals surface area contributed by atoms with E-state index in [9.17, 15) is 0 Å². The van der Waals surface area contributed by atoms with Crippen LogP contribution in [0.15, 0.2) is 4.99 Å². The monoisotopic (exact) mass is 175 g/mol. The molecule has 0 amide bonds. The van der Waals surface area contributed by atoms with Crippen LogP contribution in [0.3, 0.4) is 0 Å². The van der Waals surface area contributed by atoms with E-state index in [0.717, 1.165) is 17.7 Å². The van der Waals surface area contributed by atoms with Crippen LogP contribution in [0, 0.1) is 5.92 Å². The van der Waals surface area contributed by atoms with Crippen LogP contribution in [0.4, 0.5) is 0 Å². The van der Waals surface area contributed by atoms with Gasteiger partial charge in [-0.05, 0) is 5.92 Å². The molecule has 0 bridgehead atoms. The zero-order chi connectivity index (χ0) is 7.56. The maximum Gasteiger partial charge on any atom is 0.0544 e. The Morgan fingerprint density at radius 3 is 2.80 bits per heavy atom. The fourth-order valence-electron chi connectivity index (χ4n) is 1.13. The standard InChI is InChI=1S/C7H14NPS/c1-5(2)7-6(9)3-8-4-10-7/h4-7H,3,9H2,1-2H3. The zero-order valence-electron chi connectivity index (χ0n) is 6.45. The van der Waals surface area contributed by atoms with Crippen molar-refractivity contribution in [2.45, 2.75) is 24.8 Å². The summed E-state index contributed by atoms with van der Waals surface area (Å²) in [4.78, 5) is 4.21. The molecule has 10 heavy (non-hydrogen) atoms. The lowest BCUT2D eigenvalue weighted by Gasteiger charge is -2.26. The van der Waals surface area contributed by atoms with Gasteiger partial charge in [-0.25, -0.2) is 0 Å². The van der Waals surface area contributed by atoms with E-state index >= 15 is 0 Å². The Hall–Kier alpha value is 0.450. The summed E-state index contributed by atoms with van der Waals surface area (Å²) >= 11 is 1.87. The van der Waals surface area contributed by atoms with Gasteiger partial charge in [0.1, 0.15) is 0 Å². The van der Waals surface area contributed by atoms with E-state index in [-0.39, 0.29) is 0 Å². The molecule has 0 radical (unpaired) electrons. The van der Waals surface area contributed by atoms with Crippen molar-refractivity contribution in [2.75, 3.05) is 6.54 Å². The van der Waals surface area contributed by atoms with Gasteiger partial charge in [-0.3, -0.25) is 4.99 Å². The molecule has 58 valence electrons. The normalized spacial score (nSPS) is 33.2. The lowest BCUT2D eigenvalue weighted by atomic mass is 10.1. The first-order valence-corrected chi connectivity index (χ1v) is 5.22. The molecule has 0 aromatic carbocycles. The highest BCUT2D eigenvalue weighted by atomic mass is 32.2.